The molecule has 0 aliphatic rings. The van der Waals surface area contributed by atoms with E-state index in [1.165, 1.54) is 22.2 Å². The number of carbonyl (C=O) groups excluding carboxylic acids is 1. The molecule has 1 atom stereocenters. The van der Waals surface area contributed by atoms with Crippen molar-refractivity contribution in [3.8, 4) is 11.1 Å². The quantitative estimate of drug-likeness (QED) is 0.375. The molecule has 0 amide bonds. The molecule has 0 spiro atoms. The zero-order valence-electron chi connectivity index (χ0n) is 19.0. The van der Waals surface area contributed by atoms with Crippen molar-refractivity contribution in [1.82, 2.24) is 14.1 Å². The molecule has 0 fully saturated rings. The Balaban J connectivity index is 1.70. The Hall–Kier alpha value is -3.03. The van der Waals surface area contributed by atoms with E-state index in [-0.39, 0.29) is 23.9 Å². The molecule has 3 heterocycles. The number of benzene rings is 1. The standard InChI is InChI=1S/C25H27N3O3S/c1-15-6-8-19(9-7-15)21-13-32-24-23(21)25(30)27(14-26-24)11-22(29)20-10-16(2)28(18(20)4)17(3)12-31-5/h6-10,13-14,17H,11-12H2,1-5H3/t17-/m1/s1. The smallest absolute Gasteiger partial charge is 0.263 e. The number of ether oxygens (including phenoxy) is 1. The van der Waals surface area contributed by atoms with E-state index in [0.717, 1.165) is 28.1 Å². The van der Waals surface area contributed by atoms with Crippen LogP contribution in [0.4, 0.5) is 0 Å². The Morgan fingerprint density at radius 2 is 1.91 bits per heavy atom. The van der Waals surface area contributed by atoms with Crippen LogP contribution in [0.2, 0.25) is 0 Å². The van der Waals surface area contributed by atoms with E-state index in [1.54, 1.807) is 7.11 Å². The minimum absolute atomic E-state index is 0.0477. The third-order valence-electron chi connectivity index (χ3n) is 5.87. The Bertz CT molecular complexity index is 1350. The summed E-state index contributed by atoms with van der Waals surface area (Å²) in [6.07, 6.45) is 1.48. The number of thiophene rings is 1. The van der Waals surface area contributed by atoms with Gasteiger partial charge in [-0.1, -0.05) is 29.8 Å². The molecule has 166 valence electrons. The number of methoxy groups -OCH3 is 1. The van der Waals surface area contributed by atoms with Crippen LogP contribution in [0.25, 0.3) is 21.3 Å². The second-order valence-electron chi connectivity index (χ2n) is 8.26. The molecule has 6 nitrogen and oxygen atoms in total. The summed E-state index contributed by atoms with van der Waals surface area (Å²) in [4.78, 5) is 31.6. The average Bonchev–Trinajstić information content (AvgIpc) is 3.32. The van der Waals surface area contributed by atoms with Crippen LogP contribution in [-0.4, -0.2) is 33.6 Å². The number of Topliss-reactive ketones (excluding diaryl/α,β-unsaturated/α-hetero) is 1. The highest BCUT2D eigenvalue weighted by molar-refractivity contribution is 7.17. The van der Waals surface area contributed by atoms with Gasteiger partial charge in [0.1, 0.15) is 4.83 Å². The number of rotatable bonds is 7. The van der Waals surface area contributed by atoms with Gasteiger partial charge in [-0.2, -0.15) is 0 Å². The summed E-state index contributed by atoms with van der Waals surface area (Å²) >= 11 is 1.44. The summed E-state index contributed by atoms with van der Waals surface area (Å²) in [6.45, 7) is 8.52. The van der Waals surface area contributed by atoms with E-state index in [0.29, 0.717) is 22.4 Å². The monoisotopic (exact) mass is 449 g/mol. The first kappa shape index (κ1) is 22.2. The molecular weight excluding hydrogens is 422 g/mol. The fourth-order valence-electron chi connectivity index (χ4n) is 4.32. The molecule has 0 aliphatic heterocycles. The van der Waals surface area contributed by atoms with Gasteiger partial charge in [0.05, 0.1) is 30.9 Å². The van der Waals surface area contributed by atoms with Crippen molar-refractivity contribution in [2.75, 3.05) is 13.7 Å². The van der Waals surface area contributed by atoms with Gasteiger partial charge >= 0.3 is 0 Å². The van der Waals surface area contributed by atoms with Crippen LogP contribution in [-0.2, 0) is 11.3 Å². The van der Waals surface area contributed by atoms with Crippen LogP contribution in [0, 0.1) is 20.8 Å². The molecular formula is C25H27N3O3S. The molecule has 0 bridgehead atoms. The lowest BCUT2D eigenvalue weighted by molar-refractivity contribution is 0.0969. The number of hydrogen-bond donors (Lipinski definition) is 0. The normalized spacial score (nSPS) is 12.4. The van der Waals surface area contributed by atoms with Gasteiger partial charge < -0.3 is 9.30 Å². The highest BCUT2D eigenvalue weighted by atomic mass is 32.1. The fraction of sp³-hybridized carbons (Fsp3) is 0.320. The third kappa shape index (κ3) is 3.94. The van der Waals surface area contributed by atoms with E-state index >= 15 is 0 Å². The SMILES string of the molecule is COC[C@@H](C)n1c(C)cc(C(=O)Cn2cnc3scc(-c4ccc(C)cc4)c3c2=O)c1C. The van der Waals surface area contributed by atoms with Gasteiger partial charge in [0.25, 0.3) is 5.56 Å². The first-order valence-electron chi connectivity index (χ1n) is 10.6. The number of fused-ring (bicyclic) bond motifs is 1. The maximum atomic E-state index is 13.3. The predicted molar refractivity (Wildman–Crippen MR) is 129 cm³/mol. The van der Waals surface area contributed by atoms with Crippen molar-refractivity contribution in [3.05, 3.63) is 74.9 Å². The van der Waals surface area contributed by atoms with Crippen LogP contribution in [0.5, 0.6) is 0 Å². The maximum Gasteiger partial charge on any atom is 0.263 e. The number of nitrogens with zero attached hydrogens (tertiary/aromatic N) is 3. The molecule has 4 aromatic rings. The number of ketones is 1. The van der Waals surface area contributed by atoms with Crippen molar-refractivity contribution in [3.63, 3.8) is 0 Å². The lowest BCUT2D eigenvalue weighted by Gasteiger charge is -2.17. The van der Waals surface area contributed by atoms with Gasteiger partial charge in [0.15, 0.2) is 5.78 Å². The zero-order valence-corrected chi connectivity index (χ0v) is 19.8. The second kappa shape index (κ2) is 8.84. The van der Waals surface area contributed by atoms with E-state index in [1.807, 2.05) is 56.5 Å². The Kier molecular flexibility index (Phi) is 6.13. The first-order chi connectivity index (χ1) is 15.3. The highest BCUT2D eigenvalue weighted by Crippen LogP contribution is 2.30. The molecule has 32 heavy (non-hydrogen) atoms. The van der Waals surface area contributed by atoms with Gasteiger partial charge in [-0.05, 0) is 39.3 Å². The van der Waals surface area contributed by atoms with Gasteiger partial charge in [0, 0.05) is 35.0 Å². The summed E-state index contributed by atoms with van der Waals surface area (Å²) in [5, 5.41) is 2.52. The van der Waals surface area contributed by atoms with Crippen LogP contribution >= 0.6 is 11.3 Å². The van der Waals surface area contributed by atoms with Gasteiger partial charge in [-0.3, -0.25) is 14.2 Å². The number of carbonyl (C=O) groups is 1. The molecule has 0 aliphatic carbocycles. The molecule has 0 saturated carbocycles. The summed E-state index contributed by atoms with van der Waals surface area (Å²) < 4.78 is 8.80. The largest absolute Gasteiger partial charge is 0.383 e. The van der Waals surface area contributed by atoms with Crippen molar-refractivity contribution in [1.29, 1.82) is 0 Å². The molecule has 0 unspecified atom stereocenters. The van der Waals surface area contributed by atoms with Gasteiger partial charge in [-0.25, -0.2) is 4.98 Å². The van der Waals surface area contributed by atoms with E-state index in [2.05, 4.69) is 16.5 Å². The highest BCUT2D eigenvalue weighted by Gasteiger charge is 2.20. The minimum Gasteiger partial charge on any atom is -0.383 e. The summed E-state index contributed by atoms with van der Waals surface area (Å²) in [7, 11) is 1.67. The Labute approximate surface area is 191 Å². The molecule has 0 saturated heterocycles. The molecule has 7 heteroatoms. The number of hydrogen-bond acceptors (Lipinski definition) is 5. The molecule has 0 radical (unpaired) electrons. The van der Waals surface area contributed by atoms with Gasteiger partial charge in [-0.15, -0.1) is 11.3 Å². The Morgan fingerprint density at radius 1 is 1.19 bits per heavy atom. The zero-order chi connectivity index (χ0) is 23.0. The van der Waals surface area contributed by atoms with Crippen molar-refractivity contribution >= 4 is 27.3 Å². The van der Waals surface area contributed by atoms with Crippen molar-refractivity contribution in [2.45, 2.75) is 40.3 Å². The second-order valence-corrected chi connectivity index (χ2v) is 9.11. The lowest BCUT2D eigenvalue weighted by atomic mass is 10.1. The topological polar surface area (TPSA) is 66.1 Å². The summed E-state index contributed by atoms with van der Waals surface area (Å²) in [5.41, 5.74) is 5.30. The molecule has 3 aromatic heterocycles. The summed E-state index contributed by atoms with van der Waals surface area (Å²) in [6, 6.07) is 10.1. The fourth-order valence-corrected chi connectivity index (χ4v) is 5.23. The van der Waals surface area contributed by atoms with Crippen LogP contribution in [0.15, 0.2) is 46.8 Å². The van der Waals surface area contributed by atoms with Crippen LogP contribution in [0.1, 0.15) is 40.3 Å². The molecule has 4 rings (SSSR count). The van der Waals surface area contributed by atoms with Crippen LogP contribution < -0.4 is 5.56 Å². The average molecular weight is 450 g/mol. The van der Waals surface area contributed by atoms with Crippen molar-refractivity contribution < 1.29 is 9.53 Å². The molecule has 0 N–H and O–H groups in total. The molecule has 1 aromatic carbocycles. The van der Waals surface area contributed by atoms with Crippen molar-refractivity contribution in [2.24, 2.45) is 0 Å². The maximum absolute atomic E-state index is 13.3. The number of aryl methyl sites for hydroxylation is 2. The van der Waals surface area contributed by atoms with Gasteiger partial charge in [0.2, 0.25) is 0 Å². The van der Waals surface area contributed by atoms with E-state index in [9.17, 15) is 9.59 Å². The number of aromatic nitrogens is 3. The predicted octanol–water partition coefficient (Wildman–Crippen LogP) is 4.94. The third-order valence-corrected chi connectivity index (χ3v) is 6.76. The lowest BCUT2D eigenvalue weighted by Crippen LogP contribution is -2.25. The van der Waals surface area contributed by atoms with E-state index in [4.69, 9.17) is 4.74 Å². The Morgan fingerprint density at radius 3 is 2.59 bits per heavy atom. The van der Waals surface area contributed by atoms with Crippen LogP contribution in [0.3, 0.4) is 0 Å². The first-order valence-corrected chi connectivity index (χ1v) is 11.4. The van der Waals surface area contributed by atoms with E-state index < -0.39 is 0 Å². The summed E-state index contributed by atoms with van der Waals surface area (Å²) in [5.74, 6) is -0.107. The minimum atomic E-state index is -0.193.